The second kappa shape index (κ2) is 5.45. The molecule has 0 aliphatic rings. The molecule has 0 aliphatic carbocycles. The van der Waals surface area contributed by atoms with Crippen molar-refractivity contribution in [2.45, 2.75) is 13.3 Å². The molecule has 0 saturated heterocycles. The van der Waals surface area contributed by atoms with Gasteiger partial charge in [0.15, 0.2) is 5.65 Å². The number of rotatable bonds is 3. The Bertz CT molecular complexity index is 1030. The van der Waals surface area contributed by atoms with E-state index in [2.05, 4.69) is 20.4 Å². The average Bonchev–Trinajstić information content (AvgIpc) is 3.08. The van der Waals surface area contributed by atoms with E-state index in [1.165, 1.54) is 0 Å². The summed E-state index contributed by atoms with van der Waals surface area (Å²) in [4.78, 5) is 21.1. The van der Waals surface area contributed by atoms with Gasteiger partial charge in [-0.05, 0) is 25.1 Å². The lowest BCUT2D eigenvalue weighted by molar-refractivity contribution is -0.115. The summed E-state index contributed by atoms with van der Waals surface area (Å²) in [6.07, 6.45) is 5.63. The number of imidazole rings is 1. The number of hydrogen-bond donors (Lipinski definition) is 1. The van der Waals surface area contributed by atoms with Crippen LogP contribution < -0.4 is 5.32 Å². The monoisotopic (exact) mass is 320 g/mol. The first kappa shape index (κ1) is 14.4. The molecule has 0 radical (unpaired) electrons. The molecular formula is C17H16N6O. The van der Waals surface area contributed by atoms with E-state index < -0.39 is 0 Å². The number of hydrogen-bond acceptors (Lipinski definition) is 4. The molecule has 120 valence electrons. The zero-order valence-electron chi connectivity index (χ0n) is 13.4. The first-order valence-electron chi connectivity index (χ1n) is 7.62. The summed E-state index contributed by atoms with van der Waals surface area (Å²) >= 11 is 0. The van der Waals surface area contributed by atoms with Crippen LogP contribution in [0.5, 0.6) is 0 Å². The predicted molar refractivity (Wildman–Crippen MR) is 90.8 cm³/mol. The Morgan fingerprint density at radius 1 is 1.33 bits per heavy atom. The molecule has 0 aromatic carbocycles. The van der Waals surface area contributed by atoms with Gasteiger partial charge in [0, 0.05) is 24.8 Å². The first-order chi connectivity index (χ1) is 11.6. The fraction of sp³-hybridized carbons (Fsp3) is 0.176. The molecule has 0 spiro atoms. The fourth-order valence-corrected chi connectivity index (χ4v) is 2.82. The number of aryl methyl sites for hydroxylation is 2. The predicted octanol–water partition coefficient (Wildman–Crippen LogP) is 2.11. The van der Waals surface area contributed by atoms with Crippen LogP contribution in [0.15, 0.2) is 42.9 Å². The Kier molecular flexibility index (Phi) is 3.26. The van der Waals surface area contributed by atoms with Crippen molar-refractivity contribution >= 4 is 28.3 Å². The van der Waals surface area contributed by atoms with Gasteiger partial charge in [-0.1, -0.05) is 6.07 Å². The summed E-state index contributed by atoms with van der Waals surface area (Å²) in [6, 6.07) is 7.65. The molecule has 0 unspecified atom stereocenters. The SMILES string of the molecule is Cc1nn(C)c2ncc(NC(=O)Cc3cn4ccccc4n3)cc12. The summed E-state index contributed by atoms with van der Waals surface area (Å²) in [5.74, 6) is -0.124. The average molecular weight is 320 g/mol. The highest BCUT2D eigenvalue weighted by molar-refractivity contribution is 5.94. The zero-order valence-corrected chi connectivity index (χ0v) is 13.4. The molecular weight excluding hydrogens is 304 g/mol. The molecule has 7 nitrogen and oxygen atoms in total. The van der Waals surface area contributed by atoms with Gasteiger partial charge >= 0.3 is 0 Å². The summed E-state index contributed by atoms with van der Waals surface area (Å²) in [5, 5.41) is 8.14. The van der Waals surface area contributed by atoms with E-state index >= 15 is 0 Å². The second-order valence-electron chi connectivity index (χ2n) is 5.73. The van der Waals surface area contributed by atoms with Crippen molar-refractivity contribution in [2.24, 2.45) is 7.05 Å². The third kappa shape index (κ3) is 2.50. The molecule has 24 heavy (non-hydrogen) atoms. The second-order valence-corrected chi connectivity index (χ2v) is 5.73. The Hall–Kier alpha value is -3.22. The van der Waals surface area contributed by atoms with Crippen LogP contribution in [0.25, 0.3) is 16.7 Å². The van der Waals surface area contributed by atoms with Crippen molar-refractivity contribution in [1.82, 2.24) is 24.1 Å². The van der Waals surface area contributed by atoms with Gasteiger partial charge in [-0.3, -0.25) is 9.48 Å². The number of carbonyl (C=O) groups is 1. The first-order valence-corrected chi connectivity index (χ1v) is 7.62. The molecule has 0 atom stereocenters. The molecule has 4 aromatic heterocycles. The molecule has 0 bridgehead atoms. The van der Waals surface area contributed by atoms with Crippen LogP contribution in [0.2, 0.25) is 0 Å². The lowest BCUT2D eigenvalue weighted by Gasteiger charge is -2.04. The molecule has 1 amide bonds. The van der Waals surface area contributed by atoms with E-state index in [4.69, 9.17) is 0 Å². The van der Waals surface area contributed by atoms with Crippen molar-refractivity contribution in [3.8, 4) is 0 Å². The minimum Gasteiger partial charge on any atom is -0.324 e. The number of nitrogens with one attached hydrogen (secondary N) is 1. The summed E-state index contributed by atoms with van der Waals surface area (Å²) < 4.78 is 3.63. The quantitative estimate of drug-likeness (QED) is 0.627. The minimum atomic E-state index is -0.124. The molecule has 4 rings (SSSR count). The van der Waals surface area contributed by atoms with Gasteiger partial charge in [0.25, 0.3) is 0 Å². The lowest BCUT2D eigenvalue weighted by atomic mass is 10.2. The van der Waals surface area contributed by atoms with Crippen molar-refractivity contribution < 1.29 is 4.79 Å². The smallest absolute Gasteiger partial charge is 0.230 e. The maximum Gasteiger partial charge on any atom is 0.230 e. The van der Waals surface area contributed by atoms with Crippen molar-refractivity contribution in [2.75, 3.05) is 5.32 Å². The third-order valence-electron chi connectivity index (χ3n) is 3.90. The van der Waals surface area contributed by atoms with E-state index in [1.54, 1.807) is 10.9 Å². The molecule has 0 aliphatic heterocycles. The van der Waals surface area contributed by atoms with Crippen LogP contribution in [0.3, 0.4) is 0 Å². The number of nitrogens with zero attached hydrogens (tertiary/aromatic N) is 5. The van der Waals surface area contributed by atoms with E-state index in [9.17, 15) is 4.79 Å². The van der Waals surface area contributed by atoms with Crippen LogP contribution in [-0.2, 0) is 18.3 Å². The highest BCUT2D eigenvalue weighted by Crippen LogP contribution is 2.19. The molecule has 7 heteroatoms. The number of amides is 1. The molecule has 0 saturated carbocycles. The topological polar surface area (TPSA) is 77.1 Å². The highest BCUT2D eigenvalue weighted by atomic mass is 16.1. The standard InChI is InChI=1S/C17H16N6O/c1-11-14-7-12(9-18-17(14)22(2)21-11)20-16(24)8-13-10-23-6-4-3-5-15(23)19-13/h3-7,9-10H,8H2,1-2H3,(H,20,24). The van der Waals surface area contributed by atoms with Gasteiger partial charge in [0.05, 0.1) is 29.7 Å². The van der Waals surface area contributed by atoms with Crippen molar-refractivity contribution in [3.63, 3.8) is 0 Å². The normalized spacial score (nSPS) is 11.2. The molecule has 1 N–H and O–H groups in total. The Labute approximate surface area is 138 Å². The molecule has 4 aromatic rings. The van der Waals surface area contributed by atoms with Crippen LogP contribution in [0, 0.1) is 6.92 Å². The van der Waals surface area contributed by atoms with Crippen LogP contribution in [0.4, 0.5) is 5.69 Å². The van der Waals surface area contributed by atoms with Gasteiger partial charge in [-0.15, -0.1) is 0 Å². The maximum absolute atomic E-state index is 12.3. The van der Waals surface area contributed by atoms with Gasteiger partial charge in [-0.2, -0.15) is 5.10 Å². The van der Waals surface area contributed by atoms with E-state index in [0.29, 0.717) is 5.69 Å². The maximum atomic E-state index is 12.3. The summed E-state index contributed by atoms with van der Waals surface area (Å²) in [6.45, 7) is 1.92. The number of aromatic nitrogens is 5. The van der Waals surface area contributed by atoms with Crippen LogP contribution in [-0.4, -0.2) is 30.1 Å². The minimum absolute atomic E-state index is 0.124. The number of anilines is 1. The van der Waals surface area contributed by atoms with Gasteiger partial charge in [0.1, 0.15) is 5.65 Å². The fourth-order valence-electron chi connectivity index (χ4n) is 2.82. The number of pyridine rings is 2. The van der Waals surface area contributed by atoms with E-state index in [1.807, 2.05) is 55.0 Å². The van der Waals surface area contributed by atoms with Crippen LogP contribution in [0.1, 0.15) is 11.4 Å². The van der Waals surface area contributed by atoms with Gasteiger partial charge in [-0.25, -0.2) is 9.97 Å². The highest BCUT2D eigenvalue weighted by Gasteiger charge is 2.11. The van der Waals surface area contributed by atoms with E-state index in [0.717, 1.165) is 28.1 Å². The Morgan fingerprint density at radius 3 is 3.04 bits per heavy atom. The van der Waals surface area contributed by atoms with Crippen LogP contribution >= 0.6 is 0 Å². The number of fused-ring (bicyclic) bond motifs is 2. The summed E-state index contributed by atoms with van der Waals surface area (Å²) in [7, 11) is 1.85. The summed E-state index contributed by atoms with van der Waals surface area (Å²) in [5.41, 5.74) is 3.90. The molecule has 4 heterocycles. The van der Waals surface area contributed by atoms with Crippen molar-refractivity contribution in [3.05, 3.63) is 54.2 Å². The third-order valence-corrected chi connectivity index (χ3v) is 3.90. The van der Waals surface area contributed by atoms with E-state index in [-0.39, 0.29) is 12.3 Å². The zero-order chi connectivity index (χ0) is 16.7. The van der Waals surface area contributed by atoms with Crippen molar-refractivity contribution in [1.29, 1.82) is 0 Å². The van der Waals surface area contributed by atoms with Gasteiger partial charge in [0.2, 0.25) is 5.91 Å². The Balaban J connectivity index is 1.54. The number of carbonyl (C=O) groups excluding carboxylic acids is 1. The van der Waals surface area contributed by atoms with Gasteiger partial charge < -0.3 is 9.72 Å². The Morgan fingerprint density at radius 2 is 2.21 bits per heavy atom. The largest absolute Gasteiger partial charge is 0.324 e. The lowest BCUT2D eigenvalue weighted by Crippen LogP contribution is -2.14. The molecule has 0 fully saturated rings.